The molecule has 0 fully saturated rings. The SMILES string of the molecule is O=C(COc1ccc(F)cc1Cl)c1ccc2c(c1)CCC2. The summed E-state index contributed by atoms with van der Waals surface area (Å²) in [6, 6.07) is 9.63. The lowest BCUT2D eigenvalue weighted by atomic mass is 10.0. The van der Waals surface area contributed by atoms with Gasteiger partial charge in [0.25, 0.3) is 0 Å². The second-order valence-electron chi connectivity index (χ2n) is 5.12. The maximum atomic E-state index is 12.9. The number of halogens is 2. The Balaban J connectivity index is 1.69. The van der Waals surface area contributed by atoms with Crippen LogP contribution in [0.5, 0.6) is 5.75 Å². The van der Waals surface area contributed by atoms with E-state index in [4.69, 9.17) is 16.3 Å². The molecule has 0 unspecified atom stereocenters. The molecule has 3 rings (SSSR count). The third-order valence-corrected chi connectivity index (χ3v) is 3.97. The number of hydrogen-bond acceptors (Lipinski definition) is 2. The highest BCUT2D eigenvalue weighted by Gasteiger charge is 2.14. The average Bonchev–Trinajstić information content (AvgIpc) is 2.93. The van der Waals surface area contributed by atoms with Gasteiger partial charge >= 0.3 is 0 Å². The van der Waals surface area contributed by atoms with Crippen LogP contribution in [0, 0.1) is 5.82 Å². The van der Waals surface area contributed by atoms with Crippen molar-refractivity contribution in [2.45, 2.75) is 19.3 Å². The first-order valence-corrected chi connectivity index (χ1v) is 7.24. The van der Waals surface area contributed by atoms with Gasteiger partial charge in [-0.25, -0.2) is 4.39 Å². The van der Waals surface area contributed by atoms with Crippen molar-refractivity contribution >= 4 is 17.4 Å². The molecule has 0 aliphatic heterocycles. The summed E-state index contributed by atoms with van der Waals surface area (Å²) in [6.45, 7) is -0.107. The zero-order valence-electron chi connectivity index (χ0n) is 11.4. The fourth-order valence-electron chi connectivity index (χ4n) is 2.56. The number of Topliss-reactive ketones (excluding diaryl/α,β-unsaturated/α-hetero) is 1. The molecular formula is C17H14ClFO2. The Labute approximate surface area is 127 Å². The molecule has 2 nitrogen and oxygen atoms in total. The van der Waals surface area contributed by atoms with E-state index in [1.807, 2.05) is 18.2 Å². The molecule has 0 N–H and O–H groups in total. The van der Waals surface area contributed by atoms with E-state index < -0.39 is 5.82 Å². The minimum atomic E-state index is -0.433. The predicted octanol–water partition coefficient (Wildman–Crippen LogP) is 4.23. The van der Waals surface area contributed by atoms with E-state index in [0.29, 0.717) is 11.3 Å². The number of hydrogen-bond donors (Lipinski definition) is 0. The zero-order valence-corrected chi connectivity index (χ0v) is 12.1. The van der Waals surface area contributed by atoms with Crippen LogP contribution in [0.25, 0.3) is 0 Å². The molecular weight excluding hydrogens is 291 g/mol. The van der Waals surface area contributed by atoms with Crippen LogP contribution >= 0.6 is 11.6 Å². The van der Waals surface area contributed by atoms with Gasteiger partial charge in [-0.15, -0.1) is 0 Å². The van der Waals surface area contributed by atoms with E-state index in [9.17, 15) is 9.18 Å². The van der Waals surface area contributed by atoms with Gasteiger partial charge in [0.05, 0.1) is 5.02 Å². The molecule has 0 amide bonds. The summed E-state index contributed by atoms with van der Waals surface area (Å²) >= 11 is 5.86. The van der Waals surface area contributed by atoms with E-state index in [2.05, 4.69) is 0 Å². The summed E-state index contributed by atoms with van der Waals surface area (Å²) in [5.41, 5.74) is 3.23. The van der Waals surface area contributed by atoms with Crippen molar-refractivity contribution in [3.05, 3.63) is 63.9 Å². The molecule has 108 valence electrons. The summed E-state index contributed by atoms with van der Waals surface area (Å²) in [5.74, 6) is -0.227. The first-order valence-electron chi connectivity index (χ1n) is 6.86. The summed E-state index contributed by atoms with van der Waals surface area (Å²) in [6.07, 6.45) is 3.27. The zero-order chi connectivity index (χ0) is 14.8. The minimum Gasteiger partial charge on any atom is -0.484 e. The molecule has 0 aromatic heterocycles. The number of ketones is 1. The number of aryl methyl sites for hydroxylation is 2. The van der Waals surface area contributed by atoms with Gasteiger partial charge in [-0.3, -0.25) is 4.79 Å². The van der Waals surface area contributed by atoms with Crippen molar-refractivity contribution in [1.82, 2.24) is 0 Å². The third-order valence-electron chi connectivity index (χ3n) is 3.67. The number of carbonyl (C=O) groups excluding carboxylic acids is 1. The average molecular weight is 305 g/mol. The Morgan fingerprint density at radius 3 is 2.76 bits per heavy atom. The van der Waals surface area contributed by atoms with Crippen LogP contribution in [-0.2, 0) is 12.8 Å². The maximum absolute atomic E-state index is 12.9. The van der Waals surface area contributed by atoms with Gasteiger partial charge < -0.3 is 4.74 Å². The number of ether oxygens (including phenoxy) is 1. The van der Waals surface area contributed by atoms with Crippen LogP contribution in [0.2, 0.25) is 5.02 Å². The summed E-state index contributed by atoms with van der Waals surface area (Å²) in [4.78, 5) is 12.2. The molecule has 2 aromatic rings. The van der Waals surface area contributed by atoms with Gasteiger partial charge in [0.1, 0.15) is 11.6 Å². The van der Waals surface area contributed by atoms with Crippen LogP contribution in [-0.4, -0.2) is 12.4 Å². The van der Waals surface area contributed by atoms with E-state index >= 15 is 0 Å². The van der Waals surface area contributed by atoms with Crippen LogP contribution < -0.4 is 4.74 Å². The standard InChI is InChI=1S/C17H14ClFO2/c18-15-9-14(19)6-7-17(15)21-10-16(20)13-5-4-11-2-1-3-12(11)8-13/h4-9H,1-3,10H2. The molecule has 0 heterocycles. The molecule has 0 spiro atoms. The normalized spacial score (nSPS) is 13.0. The van der Waals surface area contributed by atoms with Crippen molar-refractivity contribution < 1.29 is 13.9 Å². The van der Waals surface area contributed by atoms with Crippen LogP contribution in [0.15, 0.2) is 36.4 Å². The van der Waals surface area contributed by atoms with Crippen molar-refractivity contribution in [3.8, 4) is 5.75 Å². The second-order valence-corrected chi connectivity index (χ2v) is 5.53. The lowest BCUT2D eigenvalue weighted by Crippen LogP contribution is -2.12. The number of benzene rings is 2. The molecule has 2 aromatic carbocycles. The van der Waals surface area contributed by atoms with Crippen LogP contribution in [0.3, 0.4) is 0 Å². The van der Waals surface area contributed by atoms with Crippen LogP contribution in [0.1, 0.15) is 27.9 Å². The summed E-state index contributed by atoms with van der Waals surface area (Å²) in [7, 11) is 0. The number of rotatable bonds is 4. The molecule has 0 atom stereocenters. The summed E-state index contributed by atoms with van der Waals surface area (Å²) < 4.78 is 18.3. The summed E-state index contributed by atoms with van der Waals surface area (Å²) in [5, 5.41) is 0.164. The van der Waals surface area contributed by atoms with Gasteiger partial charge in [0.15, 0.2) is 12.4 Å². The fourth-order valence-corrected chi connectivity index (χ4v) is 2.79. The van der Waals surface area contributed by atoms with Gasteiger partial charge in [-0.2, -0.15) is 0 Å². The molecule has 0 saturated heterocycles. The monoisotopic (exact) mass is 304 g/mol. The number of fused-ring (bicyclic) bond motifs is 1. The van der Waals surface area contributed by atoms with Crippen LogP contribution in [0.4, 0.5) is 4.39 Å². The molecule has 4 heteroatoms. The van der Waals surface area contributed by atoms with E-state index in [1.54, 1.807) is 0 Å². The highest BCUT2D eigenvalue weighted by Crippen LogP contribution is 2.26. The molecule has 1 aliphatic rings. The lowest BCUT2D eigenvalue weighted by Gasteiger charge is -2.08. The Bertz CT molecular complexity index is 697. The third kappa shape index (κ3) is 3.08. The second kappa shape index (κ2) is 5.86. The molecule has 0 bridgehead atoms. The molecule has 1 aliphatic carbocycles. The Kier molecular flexibility index (Phi) is 3.93. The van der Waals surface area contributed by atoms with Crippen molar-refractivity contribution in [2.75, 3.05) is 6.61 Å². The predicted molar refractivity (Wildman–Crippen MR) is 79.7 cm³/mol. The molecule has 21 heavy (non-hydrogen) atoms. The first-order chi connectivity index (χ1) is 10.1. The quantitative estimate of drug-likeness (QED) is 0.790. The molecule has 0 radical (unpaired) electrons. The highest BCUT2D eigenvalue weighted by atomic mass is 35.5. The number of carbonyl (C=O) groups is 1. The Morgan fingerprint density at radius 1 is 1.14 bits per heavy atom. The van der Waals surface area contributed by atoms with Crippen molar-refractivity contribution in [2.24, 2.45) is 0 Å². The van der Waals surface area contributed by atoms with Gasteiger partial charge in [0, 0.05) is 5.56 Å². The maximum Gasteiger partial charge on any atom is 0.200 e. The Morgan fingerprint density at radius 2 is 1.95 bits per heavy atom. The largest absolute Gasteiger partial charge is 0.484 e. The topological polar surface area (TPSA) is 26.3 Å². The van der Waals surface area contributed by atoms with E-state index in [1.165, 1.54) is 23.3 Å². The van der Waals surface area contributed by atoms with Crippen molar-refractivity contribution in [1.29, 1.82) is 0 Å². The Hall–Kier alpha value is -1.87. The van der Waals surface area contributed by atoms with Crippen molar-refractivity contribution in [3.63, 3.8) is 0 Å². The molecule has 0 saturated carbocycles. The van der Waals surface area contributed by atoms with Gasteiger partial charge in [0.2, 0.25) is 0 Å². The minimum absolute atomic E-state index is 0.106. The fraction of sp³-hybridized carbons (Fsp3) is 0.235. The smallest absolute Gasteiger partial charge is 0.200 e. The van der Waals surface area contributed by atoms with E-state index in [-0.39, 0.29) is 17.4 Å². The van der Waals surface area contributed by atoms with Gasteiger partial charge in [-0.1, -0.05) is 23.7 Å². The van der Waals surface area contributed by atoms with E-state index in [0.717, 1.165) is 25.3 Å². The van der Waals surface area contributed by atoms with Gasteiger partial charge in [-0.05, 0) is 54.7 Å². The lowest BCUT2D eigenvalue weighted by molar-refractivity contribution is 0.0921. The highest BCUT2D eigenvalue weighted by molar-refractivity contribution is 6.32. The first kappa shape index (κ1) is 14.1.